The second-order valence-corrected chi connectivity index (χ2v) is 5.83. The molecule has 0 spiro atoms. The Bertz CT molecular complexity index is 402. The summed E-state index contributed by atoms with van der Waals surface area (Å²) in [5.41, 5.74) is 5.51. The Kier molecular flexibility index (Phi) is 2.95. The summed E-state index contributed by atoms with van der Waals surface area (Å²) in [6.45, 7) is 4.62. The van der Waals surface area contributed by atoms with Gasteiger partial charge in [0.1, 0.15) is 0 Å². The van der Waals surface area contributed by atoms with Crippen LogP contribution in [0.25, 0.3) is 0 Å². The van der Waals surface area contributed by atoms with E-state index in [-0.39, 0.29) is 10.8 Å². The highest BCUT2D eigenvalue weighted by Crippen LogP contribution is 2.50. The molecule has 0 amide bonds. The van der Waals surface area contributed by atoms with Crippen LogP contribution in [-0.4, -0.2) is 38.0 Å². The lowest BCUT2D eigenvalue weighted by atomic mass is 9.76. The molecule has 17 heavy (non-hydrogen) atoms. The summed E-state index contributed by atoms with van der Waals surface area (Å²) >= 11 is 0. The molecular formula is C11H21N5O. The molecule has 1 aliphatic carbocycles. The molecule has 6 heteroatoms. The van der Waals surface area contributed by atoms with Gasteiger partial charge in [0.2, 0.25) is 0 Å². The van der Waals surface area contributed by atoms with Gasteiger partial charge < -0.3 is 10.8 Å². The quantitative estimate of drug-likeness (QED) is 0.767. The van der Waals surface area contributed by atoms with Crippen molar-refractivity contribution in [1.29, 1.82) is 0 Å². The standard InChI is InChI=1S/C11H21N5O/c1-10(2)4-5-11(7-12,9(10)17)6-8-13-15-16(3)14-8/h9,17H,4-7,12H2,1-3H3. The number of nitrogens with zero attached hydrogens (tertiary/aromatic N) is 4. The van der Waals surface area contributed by atoms with Gasteiger partial charge in [-0.2, -0.15) is 4.80 Å². The van der Waals surface area contributed by atoms with E-state index in [9.17, 15) is 5.11 Å². The third-order valence-electron chi connectivity index (χ3n) is 4.05. The number of hydrogen-bond acceptors (Lipinski definition) is 5. The molecule has 96 valence electrons. The SMILES string of the molecule is Cn1nnc(CC2(CN)CCC(C)(C)C2O)n1. The molecule has 0 radical (unpaired) electrons. The van der Waals surface area contributed by atoms with E-state index in [1.807, 2.05) is 0 Å². The topological polar surface area (TPSA) is 89.9 Å². The van der Waals surface area contributed by atoms with Crippen molar-refractivity contribution in [1.82, 2.24) is 20.2 Å². The third-order valence-corrected chi connectivity index (χ3v) is 4.05. The lowest BCUT2D eigenvalue weighted by Crippen LogP contribution is -2.44. The van der Waals surface area contributed by atoms with Crippen molar-refractivity contribution in [3.05, 3.63) is 5.82 Å². The molecule has 1 heterocycles. The highest BCUT2D eigenvalue weighted by molar-refractivity contribution is 5.05. The molecule has 2 rings (SSSR count). The minimum atomic E-state index is -0.413. The van der Waals surface area contributed by atoms with E-state index in [4.69, 9.17) is 5.73 Å². The van der Waals surface area contributed by atoms with Crippen molar-refractivity contribution in [3.63, 3.8) is 0 Å². The van der Waals surface area contributed by atoms with E-state index < -0.39 is 6.10 Å². The number of aliphatic hydroxyl groups is 1. The first kappa shape index (κ1) is 12.4. The zero-order valence-electron chi connectivity index (χ0n) is 10.7. The third kappa shape index (κ3) is 2.07. The zero-order chi connectivity index (χ0) is 12.7. The van der Waals surface area contributed by atoms with Crippen LogP contribution >= 0.6 is 0 Å². The van der Waals surface area contributed by atoms with Gasteiger partial charge in [-0.1, -0.05) is 13.8 Å². The number of aliphatic hydroxyl groups excluding tert-OH is 1. The van der Waals surface area contributed by atoms with E-state index in [1.54, 1.807) is 7.05 Å². The smallest absolute Gasteiger partial charge is 0.175 e. The summed E-state index contributed by atoms with van der Waals surface area (Å²) in [5.74, 6) is 0.662. The van der Waals surface area contributed by atoms with Crippen LogP contribution in [0.1, 0.15) is 32.5 Å². The fraction of sp³-hybridized carbons (Fsp3) is 0.909. The van der Waals surface area contributed by atoms with Crippen LogP contribution in [0.2, 0.25) is 0 Å². The van der Waals surface area contributed by atoms with Crippen molar-refractivity contribution >= 4 is 0 Å². The Balaban J connectivity index is 2.21. The Morgan fingerprint density at radius 3 is 2.59 bits per heavy atom. The van der Waals surface area contributed by atoms with E-state index in [2.05, 4.69) is 29.3 Å². The van der Waals surface area contributed by atoms with Gasteiger partial charge in [-0.15, -0.1) is 10.2 Å². The molecule has 1 aromatic rings. The minimum Gasteiger partial charge on any atom is -0.392 e. The van der Waals surface area contributed by atoms with Crippen LogP contribution in [0.5, 0.6) is 0 Å². The molecule has 1 aromatic heterocycles. The van der Waals surface area contributed by atoms with E-state index in [0.29, 0.717) is 18.8 Å². The molecule has 2 atom stereocenters. The number of nitrogens with two attached hydrogens (primary N) is 1. The van der Waals surface area contributed by atoms with Gasteiger partial charge in [-0.25, -0.2) is 0 Å². The maximum atomic E-state index is 10.5. The van der Waals surface area contributed by atoms with Crippen molar-refractivity contribution in [2.75, 3.05) is 6.54 Å². The monoisotopic (exact) mass is 239 g/mol. The average molecular weight is 239 g/mol. The van der Waals surface area contributed by atoms with Crippen molar-refractivity contribution < 1.29 is 5.11 Å². The lowest BCUT2D eigenvalue weighted by Gasteiger charge is -2.35. The first-order valence-corrected chi connectivity index (χ1v) is 6.01. The van der Waals surface area contributed by atoms with E-state index >= 15 is 0 Å². The van der Waals surface area contributed by atoms with Crippen molar-refractivity contribution in [3.8, 4) is 0 Å². The Morgan fingerprint density at radius 1 is 1.47 bits per heavy atom. The Labute approximate surface area is 101 Å². The molecule has 1 aliphatic rings. The molecule has 3 N–H and O–H groups in total. The van der Waals surface area contributed by atoms with Crippen LogP contribution in [0, 0.1) is 10.8 Å². The van der Waals surface area contributed by atoms with Gasteiger partial charge in [0, 0.05) is 18.4 Å². The van der Waals surface area contributed by atoms with Crippen LogP contribution in [0.3, 0.4) is 0 Å². The maximum absolute atomic E-state index is 10.5. The van der Waals surface area contributed by atoms with Crippen LogP contribution in [0.4, 0.5) is 0 Å². The van der Waals surface area contributed by atoms with E-state index in [0.717, 1.165) is 12.8 Å². The maximum Gasteiger partial charge on any atom is 0.175 e. The molecule has 2 unspecified atom stereocenters. The molecular weight excluding hydrogens is 218 g/mol. The largest absolute Gasteiger partial charge is 0.392 e. The predicted molar refractivity (Wildman–Crippen MR) is 63.0 cm³/mol. The highest BCUT2D eigenvalue weighted by Gasteiger charge is 2.51. The second-order valence-electron chi connectivity index (χ2n) is 5.83. The van der Waals surface area contributed by atoms with Crippen molar-refractivity contribution in [2.45, 2.75) is 39.2 Å². The average Bonchev–Trinajstić information content (AvgIpc) is 2.77. The normalized spacial score (nSPS) is 31.9. The van der Waals surface area contributed by atoms with E-state index in [1.165, 1.54) is 4.80 Å². The van der Waals surface area contributed by atoms with Gasteiger partial charge in [0.05, 0.1) is 13.2 Å². The molecule has 0 aliphatic heterocycles. The molecule has 1 saturated carbocycles. The summed E-state index contributed by atoms with van der Waals surface area (Å²) in [7, 11) is 1.74. The summed E-state index contributed by atoms with van der Waals surface area (Å²) in [4.78, 5) is 1.44. The Hall–Kier alpha value is -1.01. The van der Waals surface area contributed by atoms with Crippen LogP contribution in [-0.2, 0) is 13.5 Å². The zero-order valence-corrected chi connectivity index (χ0v) is 10.7. The number of hydrogen-bond donors (Lipinski definition) is 2. The van der Waals surface area contributed by atoms with Gasteiger partial charge in [-0.3, -0.25) is 0 Å². The highest BCUT2D eigenvalue weighted by atomic mass is 16.3. The van der Waals surface area contributed by atoms with Crippen LogP contribution < -0.4 is 5.73 Å². The summed E-state index contributed by atoms with van der Waals surface area (Å²) in [5, 5.41) is 22.5. The molecule has 6 nitrogen and oxygen atoms in total. The molecule has 0 bridgehead atoms. The number of aryl methyl sites for hydroxylation is 1. The molecule has 1 fully saturated rings. The van der Waals surface area contributed by atoms with Gasteiger partial charge in [0.25, 0.3) is 0 Å². The number of tetrazole rings is 1. The predicted octanol–water partition coefficient (Wildman–Crippen LogP) is -0.121. The summed E-state index contributed by atoms with van der Waals surface area (Å²) in [6, 6.07) is 0. The van der Waals surface area contributed by atoms with Gasteiger partial charge >= 0.3 is 0 Å². The van der Waals surface area contributed by atoms with Gasteiger partial charge in [0.15, 0.2) is 5.82 Å². The summed E-state index contributed by atoms with van der Waals surface area (Å²) in [6.07, 6.45) is 2.08. The Morgan fingerprint density at radius 2 is 2.18 bits per heavy atom. The number of aromatic nitrogens is 4. The molecule has 0 aromatic carbocycles. The summed E-state index contributed by atoms with van der Waals surface area (Å²) < 4.78 is 0. The number of rotatable bonds is 3. The first-order chi connectivity index (χ1) is 7.89. The first-order valence-electron chi connectivity index (χ1n) is 6.01. The van der Waals surface area contributed by atoms with Crippen molar-refractivity contribution in [2.24, 2.45) is 23.6 Å². The fourth-order valence-electron chi connectivity index (χ4n) is 2.85. The molecule has 0 saturated heterocycles. The fourth-order valence-corrected chi connectivity index (χ4v) is 2.85. The second kappa shape index (κ2) is 4.03. The minimum absolute atomic E-state index is 0.0818. The van der Waals surface area contributed by atoms with Gasteiger partial charge in [-0.05, 0) is 23.5 Å². The van der Waals surface area contributed by atoms with Crippen LogP contribution in [0.15, 0.2) is 0 Å². The lowest BCUT2D eigenvalue weighted by molar-refractivity contribution is -0.00559.